The predicted molar refractivity (Wildman–Crippen MR) is 62.1 cm³/mol. The fourth-order valence-corrected chi connectivity index (χ4v) is 1.49. The molecule has 0 spiro atoms. The Hall–Kier alpha value is -1.18. The van der Waals surface area contributed by atoms with Gasteiger partial charge < -0.3 is 5.41 Å². The van der Waals surface area contributed by atoms with Gasteiger partial charge in [-0.3, -0.25) is 4.99 Å². The summed E-state index contributed by atoms with van der Waals surface area (Å²) in [7, 11) is 0. The van der Waals surface area contributed by atoms with E-state index in [2.05, 4.69) is 24.1 Å². The quantitative estimate of drug-likeness (QED) is 0.648. The lowest BCUT2D eigenvalue weighted by Gasteiger charge is -2.12. The van der Waals surface area contributed by atoms with E-state index in [0.717, 1.165) is 24.1 Å². The number of aliphatic imine (C=N–C) groups is 1. The lowest BCUT2D eigenvalue weighted by atomic mass is 9.96. The fraction of sp³-hybridized carbons (Fsp3) is 0.500. The zero-order valence-corrected chi connectivity index (χ0v) is 9.17. The summed E-state index contributed by atoms with van der Waals surface area (Å²) in [4.78, 5) is 4.30. The maximum atomic E-state index is 7.85. The second-order valence-electron chi connectivity index (χ2n) is 3.72. The van der Waals surface area contributed by atoms with Crippen LogP contribution in [0.3, 0.4) is 0 Å². The van der Waals surface area contributed by atoms with Crippen molar-refractivity contribution < 1.29 is 0 Å². The summed E-state index contributed by atoms with van der Waals surface area (Å²) in [5, 5.41) is 7.85. The molecule has 0 aromatic carbocycles. The summed E-state index contributed by atoms with van der Waals surface area (Å²) >= 11 is 0. The fourth-order valence-electron chi connectivity index (χ4n) is 1.49. The van der Waals surface area contributed by atoms with Crippen molar-refractivity contribution in [2.24, 2.45) is 10.9 Å². The smallest absolute Gasteiger partial charge is 0.0459 e. The van der Waals surface area contributed by atoms with Crippen LogP contribution in [0, 0.1) is 11.3 Å². The molecule has 1 heterocycles. The molecule has 0 aromatic heterocycles. The molecule has 1 N–H and O–H groups in total. The van der Waals surface area contributed by atoms with Crippen LogP contribution in [0.2, 0.25) is 0 Å². The Morgan fingerprint density at radius 2 is 2.36 bits per heavy atom. The Morgan fingerprint density at radius 3 is 3.00 bits per heavy atom. The molecule has 0 aromatic rings. The maximum absolute atomic E-state index is 7.85. The first-order valence-electron chi connectivity index (χ1n) is 5.14. The van der Waals surface area contributed by atoms with E-state index >= 15 is 0 Å². The highest BCUT2D eigenvalue weighted by molar-refractivity contribution is 6.22. The SMILES string of the molecule is CCC(=N)C1=C/C(C)C/C=C/N=C\1C. The van der Waals surface area contributed by atoms with Gasteiger partial charge in [0, 0.05) is 23.2 Å². The van der Waals surface area contributed by atoms with E-state index in [-0.39, 0.29) is 0 Å². The van der Waals surface area contributed by atoms with Crippen LogP contribution in [0.4, 0.5) is 0 Å². The maximum Gasteiger partial charge on any atom is 0.0459 e. The highest BCUT2D eigenvalue weighted by Gasteiger charge is 2.09. The van der Waals surface area contributed by atoms with Gasteiger partial charge in [0.05, 0.1) is 0 Å². The minimum atomic E-state index is 0.499. The van der Waals surface area contributed by atoms with Gasteiger partial charge in [0.2, 0.25) is 0 Å². The highest BCUT2D eigenvalue weighted by atomic mass is 14.7. The number of hydrogen-bond acceptors (Lipinski definition) is 2. The number of hydrogen-bond donors (Lipinski definition) is 1. The summed E-state index contributed by atoms with van der Waals surface area (Å²) in [6.45, 7) is 6.15. The molecular formula is C12H18N2. The van der Waals surface area contributed by atoms with Gasteiger partial charge in [-0.25, -0.2) is 0 Å². The molecule has 76 valence electrons. The molecule has 0 fully saturated rings. The van der Waals surface area contributed by atoms with E-state index in [0.29, 0.717) is 11.6 Å². The Morgan fingerprint density at radius 1 is 1.64 bits per heavy atom. The van der Waals surface area contributed by atoms with E-state index < -0.39 is 0 Å². The molecule has 1 unspecified atom stereocenters. The third kappa shape index (κ3) is 2.66. The topological polar surface area (TPSA) is 36.2 Å². The zero-order chi connectivity index (χ0) is 10.6. The van der Waals surface area contributed by atoms with E-state index in [9.17, 15) is 0 Å². The molecular weight excluding hydrogens is 172 g/mol. The molecule has 1 aliphatic rings. The largest absolute Gasteiger partial charge is 0.305 e. The van der Waals surface area contributed by atoms with Crippen LogP contribution < -0.4 is 0 Å². The van der Waals surface area contributed by atoms with E-state index in [4.69, 9.17) is 5.41 Å². The molecule has 0 aliphatic carbocycles. The van der Waals surface area contributed by atoms with Gasteiger partial charge in [-0.2, -0.15) is 0 Å². The molecule has 0 amide bonds. The molecule has 1 aliphatic heterocycles. The summed E-state index contributed by atoms with van der Waals surface area (Å²) in [5.41, 5.74) is 2.66. The van der Waals surface area contributed by atoms with E-state index in [1.54, 1.807) is 0 Å². The van der Waals surface area contributed by atoms with Gasteiger partial charge in [0.1, 0.15) is 0 Å². The van der Waals surface area contributed by atoms with Crippen molar-refractivity contribution in [3.8, 4) is 0 Å². The van der Waals surface area contributed by atoms with Crippen molar-refractivity contribution in [2.75, 3.05) is 0 Å². The van der Waals surface area contributed by atoms with Crippen LogP contribution in [0.25, 0.3) is 0 Å². The molecule has 0 saturated carbocycles. The normalized spacial score (nSPS) is 31.8. The second-order valence-corrected chi connectivity index (χ2v) is 3.72. The Labute approximate surface area is 85.9 Å². The van der Waals surface area contributed by atoms with Crippen LogP contribution in [0.15, 0.2) is 28.9 Å². The van der Waals surface area contributed by atoms with Crippen LogP contribution >= 0.6 is 0 Å². The van der Waals surface area contributed by atoms with Crippen LogP contribution in [0.1, 0.15) is 33.6 Å². The van der Waals surface area contributed by atoms with Gasteiger partial charge in [0.15, 0.2) is 0 Å². The average molecular weight is 190 g/mol. The molecule has 1 rings (SSSR count). The lowest BCUT2D eigenvalue weighted by Crippen LogP contribution is -2.11. The molecule has 1 atom stereocenters. The summed E-state index contributed by atoms with van der Waals surface area (Å²) in [6, 6.07) is 0. The van der Waals surface area contributed by atoms with Gasteiger partial charge in [-0.1, -0.05) is 26.0 Å². The number of allylic oxidation sites excluding steroid dienone is 3. The third-order valence-electron chi connectivity index (χ3n) is 2.40. The van der Waals surface area contributed by atoms with Gasteiger partial charge in [-0.05, 0) is 25.7 Å². The molecule has 14 heavy (non-hydrogen) atoms. The second kappa shape index (κ2) is 4.89. The minimum absolute atomic E-state index is 0.499. The van der Waals surface area contributed by atoms with Crippen molar-refractivity contribution >= 4 is 11.4 Å². The minimum Gasteiger partial charge on any atom is -0.305 e. The Bertz CT molecular complexity index is 308. The first-order valence-corrected chi connectivity index (χ1v) is 5.14. The molecule has 0 saturated heterocycles. The number of nitrogens with zero attached hydrogens (tertiary/aromatic N) is 1. The monoisotopic (exact) mass is 190 g/mol. The van der Waals surface area contributed by atoms with Crippen molar-refractivity contribution in [3.05, 3.63) is 23.9 Å². The summed E-state index contributed by atoms with van der Waals surface area (Å²) in [5.74, 6) is 0.499. The standard InChI is InChI=1S/C12H18N2/c1-4-12(13)11-8-9(2)6-5-7-14-10(11)3/h5,7-9,13H,4,6H2,1-3H3/b7-5+,11-8+,13-12?,14-10-. The van der Waals surface area contributed by atoms with Gasteiger partial charge in [-0.15, -0.1) is 0 Å². The molecule has 0 radical (unpaired) electrons. The lowest BCUT2D eigenvalue weighted by molar-refractivity contribution is 0.740. The Kier molecular flexibility index (Phi) is 3.81. The van der Waals surface area contributed by atoms with Crippen molar-refractivity contribution in [2.45, 2.75) is 33.6 Å². The summed E-state index contributed by atoms with van der Waals surface area (Å²) in [6.07, 6.45) is 7.87. The van der Waals surface area contributed by atoms with E-state index in [1.165, 1.54) is 0 Å². The first kappa shape index (κ1) is 10.9. The van der Waals surface area contributed by atoms with Crippen molar-refractivity contribution in [1.29, 1.82) is 5.41 Å². The highest BCUT2D eigenvalue weighted by Crippen LogP contribution is 2.14. The first-order chi connectivity index (χ1) is 6.65. The van der Waals surface area contributed by atoms with E-state index in [1.807, 2.05) is 20.0 Å². The molecule has 2 nitrogen and oxygen atoms in total. The number of rotatable bonds is 2. The predicted octanol–water partition coefficient (Wildman–Crippen LogP) is 3.36. The third-order valence-corrected chi connectivity index (χ3v) is 2.40. The summed E-state index contributed by atoms with van der Waals surface area (Å²) < 4.78 is 0. The molecule has 2 heteroatoms. The molecule has 0 bridgehead atoms. The van der Waals surface area contributed by atoms with Crippen molar-refractivity contribution in [1.82, 2.24) is 0 Å². The van der Waals surface area contributed by atoms with Crippen LogP contribution in [-0.4, -0.2) is 11.4 Å². The van der Waals surface area contributed by atoms with Crippen LogP contribution in [-0.2, 0) is 0 Å². The van der Waals surface area contributed by atoms with Crippen molar-refractivity contribution in [3.63, 3.8) is 0 Å². The Balaban J connectivity index is 3.02. The zero-order valence-electron chi connectivity index (χ0n) is 9.17. The van der Waals surface area contributed by atoms with Crippen LogP contribution in [0.5, 0.6) is 0 Å². The number of nitrogens with one attached hydrogen (secondary N) is 1. The van der Waals surface area contributed by atoms with Gasteiger partial charge >= 0.3 is 0 Å². The van der Waals surface area contributed by atoms with Gasteiger partial charge in [0.25, 0.3) is 0 Å². The average Bonchev–Trinajstić information content (AvgIpc) is 2.17.